The lowest BCUT2D eigenvalue weighted by Gasteiger charge is -2.24. The number of benzene rings is 1. The summed E-state index contributed by atoms with van der Waals surface area (Å²) in [6.07, 6.45) is 1.75. The molecular weight excluding hydrogens is 266 g/mol. The Morgan fingerprint density at radius 3 is 2.10 bits per heavy atom. The van der Waals surface area contributed by atoms with Gasteiger partial charge in [0.25, 0.3) is 0 Å². The van der Waals surface area contributed by atoms with Gasteiger partial charge in [-0.15, -0.1) is 0 Å². The van der Waals surface area contributed by atoms with Crippen LogP contribution < -0.4 is 0 Å². The molecule has 0 aromatic heterocycles. The topological polar surface area (TPSA) is 41.9 Å². The second-order valence-electron chi connectivity index (χ2n) is 5.29. The minimum absolute atomic E-state index is 0.477. The zero-order valence-electron chi connectivity index (χ0n) is 13.5. The Balaban J connectivity index is 2.55. The summed E-state index contributed by atoms with van der Waals surface area (Å²) in [5, 5.41) is 10.4. The van der Waals surface area contributed by atoms with Crippen LogP contribution in [0, 0.1) is 0 Å². The summed E-state index contributed by atoms with van der Waals surface area (Å²) >= 11 is 0. The smallest absolute Gasteiger partial charge is 0.0916 e. The molecule has 0 aliphatic rings. The molecule has 1 aromatic carbocycles. The van der Waals surface area contributed by atoms with E-state index in [1.165, 1.54) is 5.56 Å². The normalized spacial score (nSPS) is 12.8. The van der Waals surface area contributed by atoms with Crippen LogP contribution >= 0.6 is 0 Å². The van der Waals surface area contributed by atoms with E-state index >= 15 is 0 Å². The highest BCUT2D eigenvalue weighted by atomic mass is 16.5. The Labute approximate surface area is 128 Å². The van der Waals surface area contributed by atoms with Gasteiger partial charge >= 0.3 is 0 Å². The first-order valence-corrected chi connectivity index (χ1v) is 7.68. The number of nitrogens with zero attached hydrogens (tertiary/aromatic N) is 1. The van der Waals surface area contributed by atoms with E-state index < -0.39 is 6.10 Å². The molecule has 0 heterocycles. The van der Waals surface area contributed by atoms with Crippen LogP contribution in [0.25, 0.3) is 0 Å². The van der Waals surface area contributed by atoms with E-state index in [1.807, 2.05) is 12.1 Å². The summed E-state index contributed by atoms with van der Waals surface area (Å²) in [6.45, 7) is 5.68. The quantitative estimate of drug-likeness (QED) is 0.680. The van der Waals surface area contributed by atoms with Gasteiger partial charge in [-0.2, -0.15) is 0 Å². The monoisotopic (exact) mass is 295 g/mol. The molecule has 120 valence electrons. The number of hydrogen-bond donors (Lipinski definition) is 1. The standard InChI is InChI=1S/C17H29NO3/c1-4-5-15-6-8-16(9-7-15)17(19)14-18(10-12-20-2)11-13-21-3/h6-9,17,19H,4-5,10-14H2,1-3H3. The highest BCUT2D eigenvalue weighted by Gasteiger charge is 2.13. The van der Waals surface area contributed by atoms with Crippen molar-refractivity contribution in [2.45, 2.75) is 25.9 Å². The fraction of sp³-hybridized carbons (Fsp3) is 0.647. The average molecular weight is 295 g/mol. The second kappa shape index (κ2) is 10.7. The van der Waals surface area contributed by atoms with Gasteiger partial charge in [0.1, 0.15) is 0 Å². The molecule has 4 nitrogen and oxygen atoms in total. The van der Waals surface area contributed by atoms with Crippen LogP contribution in [0.3, 0.4) is 0 Å². The lowest BCUT2D eigenvalue weighted by Crippen LogP contribution is -2.34. The number of rotatable bonds is 11. The van der Waals surface area contributed by atoms with Crippen LogP contribution in [-0.4, -0.2) is 57.1 Å². The number of methoxy groups -OCH3 is 2. The maximum atomic E-state index is 10.4. The fourth-order valence-corrected chi connectivity index (χ4v) is 2.28. The van der Waals surface area contributed by atoms with Gasteiger partial charge in [0.15, 0.2) is 0 Å². The molecule has 0 spiro atoms. The Bertz CT molecular complexity index is 359. The Kier molecular flexibility index (Phi) is 9.26. The molecule has 0 bridgehead atoms. The van der Waals surface area contributed by atoms with Gasteiger partial charge in [0.05, 0.1) is 19.3 Å². The van der Waals surface area contributed by atoms with E-state index in [0.29, 0.717) is 19.8 Å². The summed E-state index contributed by atoms with van der Waals surface area (Å²) in [7, 11) is 3.38. The molecule has 0 aliphatic carbocycles. The molecule has 0 fully saturated rings. The first-order valence-electron chi connectivity index (χ1n) is 7.68. The fourth-order valence-electron chi connectivity index (χ4n) is 2.28. The third-order valence-corrected chi connectivity index (χ3v) is 3.56. The molecular formula is C17H29NO3. The Morgan fingerprint density at radius 1 is 1.05 bits per heavy atom. The van der Waals surface area contributed by atoms with E-state index in [1.54, 1.807) is 14.2 Å². The summed E-state index contributed by atoms with van der Waals surface area (Å²) in [4.78, 5) is 2.16. The van der Waals surface area contributed by atoms with Crippen molar-refractivity contribution in [1.29, 1.82) is 0 Å². The van der Waals surface area contributed by atoms with Gasteiger partial charge in [-0.3, -0.25) is 4.90 Å². The van der Waals surface area contributed by atoms with Crippen molar-refractivity contribution in [1.82, 2.24) is 4.90 Å². The van der Waals surface area contributed by atoms with Gasteiger partial charge in [0, 0.05) is 33.9 Å². The lowest BCUT2D eigenvalue weighted by atomic mass is 10.0. The molecule has 1 rings (SSSR count). The van der Waals surface area contributed by atoms with Crippen molar-refractivity contribution < 1.29 is 14.6 Å². The summed E-state index contributed by atoms with van der Waals surface area (Å²) < 4.78 is 10.2. The molecule has 0 amide bonds. The first kappa shape index (κ1) is 18.1. The minimum Gasteiger partial charge on any atom is -0.387 e. The SMILES string of the molecule is CCCc1ccc(C(O)CN(CCOC)CCOC)cc1. The molecule has 0 saturated heterocycles. The summed E-state index contributed by atoms with van der Waals surface area (Å²) in [5.74, 6) is 0. The van der Waals surface area contributed by atoms with Gasteiger partial charge < -0.3 is 14.6 Å². The summed E-state index contributed by atoms with van der Waals surface area (Å²) in [6, 6.07) is 8.27. The lowest BCUT2D eigenvalue weighted by molar-refractivity contribution is 0.0697. The van der Waals surface area contributed by atoms with Crippen molar-refractivity contribution in [3.8, 4) is 0 Å². The van der Waals surface area contributed by atoms with E-state index in [9.17, 15) is 5.11 Å². The maximum absolute atomic E-state index is 10.4. The molecule has 21 heavy (non-hydrogen) atoms. The average Bonchev–Trinajstić information content (AvgIpc) is 2.51. The number of ether oxygens (including phenoxy) is 2. The van der Waals surface area contributed by atoms with Crippen molar-refractivity contribution >= 4 is 0 Å². The van der Waals surface area contributed by atoms with E-state index in [2.05, 4.69) is 24.0 Å². The van der Waals surface area contributed by atoms with Crippen LogP contribution in [0.1, 0.15) is 30.6 Å². The molecule has 1 atom stereocenters. The molecule has 0 radical (unpaired) electrons. The highest BCUT2D eigenvalue weighted by Crippen LogP contribution is 2.16. The van der Waals surface area contributed by atoms with Crippen LogP contribution in [-0.2, 0) is 15.9 Å². The number of aryl methyl sites for hydroxylation is 1. The van der Waals surface area contributed by atoms with Gasteiger partial charge in [0.2, 0.25) is 0 Å². The third-order valence-electron chi connectivity index (χ3n) is 3.56. The Hall–Kier alpha value is -0.940. The molecule has 1 N–H and O–H groups in total. The van der Waals surface area contributed by atoms with Crippen LogP contribution in [0.4, 0.5) is 0 Å². The van der Waals surface area contributed by atoms with Crippen molar-refractivity contribution in [2.24, 2.45) is 0 Å². The zero-order valence-corrected chi connectivity index (χ0v) is 13.5. The maximum Gasteiger partial charge on any atom is 0.0916 e. The molecule has 0 aliphatic heterocycles. The van der Waals surface area contributed by atoms with E-state index in [4.69, 9.17) is 9.47 Å². The van der Waals surface area contributed by atoms with Gasteiger partial charge in [-0.1, -0.05) is 37.6 Å². The largest absolute Gasteiger partial charge is 0.387 e. The second-order valence-corrected chi connectivity index (χ2v) is 5.29. The van der Waals surface area contributed by atoms with Gasteiger partial charge in [-0.25, -0.2) is 0 Å². The number of hydrogen-bond acceptors (Lipinski definition) is 4. The van der Waals surface area contributed by atoms with Crippen molar-refractivity contribution in [3.05, 3.63) is 35.4 Å². The van der Waals surface area contributed by atoms with Crippen LogP contribution in [0.15, 0.2) is 24.3 Å². The highest BCUT2D eigenvalue weighted by molar-refractivity contribution is 5.24. The molecule has 4 heteroatoms. The van der Waals surface area contributed by atoms with Crippen LogP contribution in [0.2, 0.25) is 0 Å². The first-order chi connectivity index (χ1) is 10.2. The Morgan fingerprint density at radius 2 is 1.62 bits per heavy atom. The molecule has 0 saturated carbocycles. The predicted molar refractivity (Wildman–Crippen MR) is 85.6 cm³/mol. The van der Waals surface area contributed by atoms with Crippen molar-refractivity contribution in [3.63, 3.8) is 0 Å². The van der Waals surface area contributed by atoms with Crippen LogP contribution in [0.5, 0.6) is 0 Å². The third kappa shape index (κ3) is 7.05. The van der Waals surface area contributed by atoms with Gasteiger partial charge in [-0.05, 0) is 17.5 Å². The molecule has 1 aromatic rings. The van der Waals surface area contributed by atoms with E-state index in [-0.39, 0.29) is 0 Å². The minimum atomic E-state index is -0.477. The summed E-state index contributed by atoms with van der Waals surface area (Å²) in [5.41, 5.74) is 2.29. The number of aliphatic hydroxyl groups is 1. The predicted octanol–water partition coefficient (Wildman–Crippen LogP) is 2.27. The molecule has 1 unspecified atom stereocenters. The zero-order chi connectivity index (χ0) is 15.5. The number of aliphatic hydroxyl groups excluding tert-OH is 1. The van der Waals surface area contributed by atoms with E-state index in [0.717, 1.165) is 31.5 Å². The van der Waals surface area contributed by atoms with Crippen molar-refractivity contribution in [2.75, 3.05) is 47.1 Å².